The zero-order chi connectivity index (χ0) is 17.2. The van der Waals surface area contributed by atoms with Gasteiger partial charge in [0.1, 0.15) is 18.1 Å². The zero-order valence-corrected chi connectivity index (χ0v) is 13.8. The fourth-order valence-electron chi connectivity index (χ4n) is 3.07. The highest BCUT2D eigenvalue weighted by Gasteiger charge is 2.34. The van der Waals surface area contributed by atoms with Crippen LogP contribution < -0.4 is 0 Å². The lowest BCUT2D eigenvalue weighted by molar-refractivity contribution is -0.00588. The second-order valence-electron chi connectivity index (χ2n) is 5.85. The van der Waals surface area contributed by atoms with Crippen molar-refractivity contribution in [2.75, 3.05) is 19.8 Å². The molecule has 128 valence electrons. The Bertz CT molecular complexity index is 871. The molecule has 1 fully saturated rings. The summed E-state index contributed by atoms with van der Waals surface area (Å²) in [6.07, 6.45) is 3.03. The summed E-state index contributed by atoms with van der Waals surface area (Å²) < 4.78 is 12.7. The molecule has 4 rings (SSSR count). The molecule has 7 heteroatoms. The van der Waals surface area contributed by atoms with Gasteiger partial charge in [-0.05, 0) is 25.1 Å². The van der Waals surface area contributed by atoms with Crippen molar-refractivity contribution in [2.45, 2.75) is 13.0 Å². The number of amides is 1. The lowest BCUT2D eigenvalue weighted by Gasteiger charge is -2.34. The third-order valence-electron chi connectivity index (χ3n) is 4.35. The number of para-hydroxylation sites is 1. The normalized spacial score (nSPS) is 17.6. The molecule has 1 atom stereocenters. The van der Waals surface area contributed by atoms with Crippen molar-refractivity contribution in [1.29, 1.82) is 0 Å². The summed E-state index contributed by atoms with van der Waals surface area (Å²) in [5.41, 5.74) is 1.46. The van der Waals surface area contributed by atoms with E-state index in [1.54, 1.807) is 22.6 Å². The number of aryl methyl sites for hydroxylation is 1. The maximum Gasteiger partial charge on any atom is 0.258 e. The fourth-order valence-corrected chi connectivity index (χ4v) is 3.07. The highest BCUT2D eigenvalue weighted by molar-refractivity contribution is 5.95. The van der Waals surface area contributed by atoms with E-state index in [9.17, 15) is 4.79 Å². The van der Waals surface area contributed by atoms with Gasteiger partial charge in [0.15, 0.2) is 5.82 Å². The number of nitrogens with zero attached hydrogens (tertiary/aromatic N) is 4. The Balaban J connectivity index is 1.70. The van der Waals surface area contributed by atoms with Crippen molar-refractivity contribution < 1.29 is 13.9 Å². The average Bonchev–Trinajstić information content (AvgIpc) is 3.31. The number of aromatic nitrogens is 3. The van der Waals surface area contributed by atoms with Crippen LogP contribution in [0.1, 0.15) is 28.0 Å². The molecule has 0 radical (unpaired) electrons. The Morgan fingerprint density at radius 3 is 2.84 bits per heavy atom. The second kappa shape index (κ2) is 6.52. The van der Waals surface area contributed by atoms with Crippen LogP contribution in [0.5, 0.6) is 0 Å². The SMILES string of the molecule is Cc1occc1C(=O)N1CCOC[C@@H]1c1ncnn1-c1ccccc1. The topological polar surface area (TPSA) is 73.4 Å². The summed E-state index contributed by atoms with van der Waals surface area (Å²) in [6.45, 7) is 3.16. The number of ether oxygens (including phenoxy) is 1. The molecule has 3 aromatic rings. The number of benzene rings is 1. The molecular weight excluding hydrogens is 320 g/mol. The number of hydrogen-bond acceptors (Lipinski definition) is 5. The number of morpholine rings is 1. The first-order valence-electron chi connectivity index (χ1n) is 8.14. The summed E-state index contributed by atoms with van der Waals surface area (Å²) >= 11 is 0. The van der Waals surface area contributed by atoms with Gasteiger partial charge in [-0.15, -0.1) is 0 Å². The highest BCUT2D eigenvalue weighted by atomic mass is 16.5. The minimum absolute atomic E-state index is 0.0813. The molecule has 0 aliphatic carbocycles. The first-order chi connectivity index (χ1) is 12.3. The van der Waals surface area contributed by atoms with Gasteiger partial charge in [0.2, 0.25) is 0 Å². The van der Waals surface area contributed by atoms with E-state index in [-0.39, 0.29) is 11.9 Å². The molecule has 7 nitrogen and oxygen atoms in total. The molecule has 1 aliphatic heterocycles. The molecule has 1 amide bonds. The van der Waals surface area contributed by atoms with E-state index in [1.165, 1.54) is 12.6 Å². The number of furan rings is 1. The van der Waals surface area contributed by atoms with Gasteiger partial charge in [-0.25, -0.2) is 9.67 Å². The van der Waals surface area contributed by atoms with Crippen molar-refractivity contribution in [2.24, 2.45) is 0 Å². The minimum Gasteiger partial charge on any atom is -0.469 e. The molecule has 0 bridgehead atoms. The van der Waals surface area contributed by atoms with Crippen molar-refractivity contribution in [3.63, 3.8) is 0 Å². The van der Waals surface area contributed by atoms with Crippen LogP contribution in [-0.4, -0.2) is 45.3 Å². The second-order valence-corrected chi connectivity index (χ2v) is 5.85. The van der Waals surface area contributed by atoms with E-state index in [0.717, 1.165) is 5.69 Å². The molecule has 0 N–H and O–H groups in total. The van der Waals surface area contributed by atoms with Crippen LogP contribution in [0.2, 0.25) is 0 Å². The number of carbonyl (C=O) groups is 1. The van der Waals surface area contributed by atoms with Gasteiger partial charge < -0.3 is 14.1 Å². The molecule has 1 aliphatic rings. The standard InChI is InChI=1S/C18H18N4O3/c1-13-15(7-9-25-13)18(23)21-8-10-24-11-16(21)17-19-12-20-22(17)14-5-3-2-4-6-14/h2-7,9,12,16H,8,10-11H2,1H3/t16-/m1/s1. The van der Waals surface area contributed by atoms with Crippen molar-refractivity contribution in [1.82, 2.24) is 19.7 Å². The van der Waals surface area contributed by atoms with Gasteiger partial charge in [0, 0.05) is 6.54 Å². The van der Waals surface area contributed by atoms with Crippen LogP contribution in [0.4, 0.5) is 0 Å². The van der Waals surface area contributed by atoms with E-state index in [1.807, 2.05) is 30.3 Å². The number of rotatable bonds is 3. The summed E-state index contributed by atoms with van der Waals surface area (Å²) in [6, 6.07) is 11.1. The maximum absolute atomic E-state index is 13.0. The van der Waals surface area contributed by atoms with E-state index in [0.29, 0.717) is 36.9 Å². The molecule has 1 aromatic carbocycles. The number of hydrogen-bond donors (Lipinski definition) is 0. The summed E-state index contributed by atoms with van der Waals surface area (Å²) in [7, 11) is 0. The minimum atomic E-state index is -0.307. The zero-order valence-electron chi connectivity index (χ0n) is 13.8. The molecule has 3 heterocycles. The molecular formula is C18H18N4O3. The van der Waals surface area contributed by atoms with Crippen molar-refractivity contribution in [3.05, 3.63) is 66.1 Å². The monoisotopic (exact) mass is 338 g/mol. The van der Waals surface area contributed by atoms with Gasteiger partial charge in [-0.2, -0.15) is 5.10 Å². The van der Waals surface area contributed by atoms with Gasteiger partial charge >= 0.3 is 0 Å². The smallest absolute Gasteiger partial charge is 0.258 e. The largest absolute Gasteiger partial charge is 0.469 e. The molecule has 1 saturated heterocycles. The van der Waals surface area contributed by atoms with Crippen LogP contribution >= 0.6 is 0 Å². The molecule has 0 saturated carbocycles. The van der Waals surface area contributed by atoms with Crippen LogP contribution in [-0.2, 0) is 4.74 Å². The maximum atomic E-state index is 13.0. The summed E-state index contributed by atoms with van der Waals surface area (Å²) in [5, 5.41) is 4.33. The van der Waals surface area contributed by atoms with Crippen LogP contribution in [0.25, 0.3) is 5.69 Å². The van der Waals surface area contributed by atoms with E-state index in [2.05, 4.69) is 10.1 Å². The quantitative estimate of drug-likeness (QED) is 0.733. The van der Waals surface area contributed by atoms with Crippen LogP contribution in [0.3, 0.4) is 0 Å². The number of carbonyl (C=O) groups excluding carboxylic acids is 1. The van der Waals surface area contributed by atoms with Gasteiger partial charge in [-0.1, -0.05) is 18.2 Å². The van der Waals surface area contributed by atoms with E-state index >= 15 is 0 Å². The third-order valence-corrected chi connectivity index (χ3v) is 4.35. The Morgan fingerprint density at radius 1 is 1.24 bits per heavy atom. The lowest BCUT2D eigenvalue weighted by Crippen LogP contribution is -2.44. The lowest BCUT2D eigenvalue weighted by atomic mass is 10.1. The van der Waals surface area contributed by atoms with E-state index in [4.69, 9.17) is 9.15 Å². The molecule has 2 aromatic heterocycles. The van der Waals surface area contributed by atoms with Gasteiger partial charge in [-0.3, -0.25) is 4.79 Å². The fraction of sp³-hybridized carbons (Fsp3) is 0.278. The first-order valence-corrected chi connectivity index (χ1v) is 8.14. The van der Waals surface area contributed by atoms with Crippen molar-refractivity contribution in [3.8, 4) is 5.69 Å². The van der Waals surface area contributed by atoms with Gasteiger partial charge in [0.05, 0.1) is 30.7 Å². The first kappa shape index (κ1) is 15.6. The average molecular weight is 338 g/mol. The van der Waals surface area contributed by atoms with Gasteiger partial charge in [0.25, 0.3) is 5.91 Å². The molecule has 0 spiro atoms. The highest BCUT2D eigenvalue weighted by Crippen LogP contribution is 2.27. The Labute approximate surface area is 144 Å². The summed E-state index contributed by atoms with van der Waals surface area (Å²) in [4.78, 5) is 19.2. The van der Waals surface area contributed by atoms with Crippen LogP contribution in [0, 0.1) is 6.92 Å². The third kappa shape index (κ3) is 2.83. The van der Waals surface area contributed by atoms with Crippen LogP contribution in [0.15, 0.2) is 53.4 Å². The van der Waals surface area contributed by atoms with E-state index < -0.39 is 0 Å². The predicted molar refractivity (Wildman–Crippen MR) is 89.4 cm³/mol. The Kier molecular flexibility index (Phi) is 4.07. The predicted octanol–water partition coefficient (Wildman–Crippen LogP) is 2.38. The summed E-state index contributed by atoms with van der Waals surface area (Å²) in [5.74, 6) is 1.21. The molecule has 25 heavy (non-hydrogen) atoms. The molecule has 0 unspecified atom stereocenters. The van der Waals surface area contributed by atoms with Crippen molar-refractivity contribution >= 4 is 5.91 Å². The Hall–Kier alpha value is -2.93. The Morgan fingerprint density at radius 2 is 2.08 bits per heavy atom.